The molecule has 0 fully saturated rings. The van der Waals surface area contributed by atoms with Gasteiger partial charge in [-0.15, -0.1) is 0 Å². The van der Waals surface area contributed by atoms with E-state index in [2.05, 4.69) is 10.1 Å². The van der Waals surface area contributed by atoms with E-state index in [1.54, 1.807) is 35.9 Å². The number of methoxy groups -OCH3 is 1. The molecule has 0 saturated heterocycles. The summed E-state index contributed by atoms with van der Waals surface area (Å²) in [6.45, 7) is 0. The van der Waals surface area contributed by atoms with Gasteiger partial charge < -0.3 is 9.84 Å². The highest BCUT2D eigenvalue weighted by atomic mass is 32.1. The second-order valence-corrected chi connectivity index (χ2v) is 6.33. The lowest BCUT2D eigenvalue weighted by atomic mass is 10.1. The first kappa shape index (κ1) is 15.3. The number of aromatic carboxylic acids is 1. The molecule has 0 aliphatic heterocycles. The van der Waals surface area contributed by atoms with Gasteiger partial charge in [-0.2, -0.15) is 5.10 Å². The minimum atomic E-state index is -0.942. The normalized spacial score (nSPS) is 10.9. The van der Waals surface area contributed by atoms with Gasteiger partial charge in [-0.1, -0.05) is 23.5 Å². The fourth-order valence-electron chi connectivity index (χ4n) is 2.47. The van der Waals surface area contributed by atoms with Crippen molar-refractivity contribution in [3.63, 3.8) is 0 Å². The molecule has 0 amide bonds. The van der Waals surface area contributed by atoms with Crippen molar-refractivity contribution in [2.45, 2.75) is 0 Å². The molecular weight excluding hydrogens is 338 g/mol. The molecule has 7 heteroatoms. The second-order valence-electron chi connectivity index (χ2n) is 5.37. The van der Waals surface area contributed by atoms with Gasteiger partial charge in [0.2, 0.25) is 4.96 Å². The Balaban J connectivity index is 1.65. The molecule has 0 bridgehead atoms. The first-order chi connectivity index (χ1) is 12.1. The van der Waals surface area contributed by atoms with Gasteiger partial charge >= 0.3 is 5.97 Å². The zero-order chi connectivity index (χ0) is 17.4. The molecule has 2 aromatic carbocycles. The predicted octanol–water partition coefficient (Wildman–Crippen LogP) is 3.83. The van der Waals surface area contributed by atoms with E-state index in [1.165, 1.54) is 11.3 Å². The van der Waals surface area contributed by atoms with Gasteiger partial charge in [-0.05, 0) is 36.4 Å². The summed E-state index contributed by atoms with van der Waals surface area (Å²) in [6, 6.07) is 14.4. The van der Waals surface area contributed by atoms with Crippen molar-refractivity contribution >= 4 is 22.3 Å². The lowest BCUT2D eigenvalue weighted by molar-refractivity contribution is 0.0697. The Morgan fingerprint density at radius 3 is 2.36 bits per heavy atom. The topological polar surface area (TPSA) is 76.7 Å². The van der Waals surface area contributed by atoms with E-state index in [0.717, 1.165) is 32.5 Å². The Morgan fingerprint density at radius 2 is 1.76 bits per heavy atom. The molecule has 4 aromatic rings. The van der Waals surface area contributed by atoms with E-state index >= 15 is 0 Å². The second kappa shape index (κ2) is 6.03. The average Bonchev–Trinajstić information content (AvgIpc) is 3.21. The van der Waals surface area contributed by atoms with Crippen LogP contribution in [0.15, 0.2) is 54.7 Å². The van der Waals surface area contributed by atoms with Crippen molar-refractivity contribution in [2.24, 2.45) is 0 Å². The number of aromatic nitrogens is 3. The van der Waals surface area contributed by atoms with Crippen LogP contribution in [0.2, 0.25) is 0 Å². The molecule has 1 N–H and O–H groups in total. The Labute approximate surface area is 147 Å². The number of rotatable bonds is 4. The lowest BCUT2D eigenvalue weighted by Crippen LogP contribution is -1.94. The van der Waals surface area contributed by atoms with E-state index in [-0.39, 0.29) is 5.56 Å². The summed E-state index contributed by atoms with van der Waals surface area (Å²) in [6.07, 6.45) is 1.84. The van der Waals surface area contributed by atoms with Crippen LogP contribution >= 0.6 is 11.3 Å². The quantitative estimate of drug-likeness (QED) is 0.605. The van der Waals surface area contributed by atoms with Crippen molar-refractivity contribution < 1.29 is 14.6 Å². The van der Waals surface area contributed by atoms with Gasteiger partial charge in [-0.25, -0.2) is 14.3 Å². The number of carboxylic acid groups (broad SMARTS) is 1. The number of hydrogen-bond acceptors (Lipinski definition) is 5. The van der Waals surface area contributed by atoms with Crippen LogP contribution in [0.1, 0.15) is 10.4 Å². The number of benzene rings is 2. The molecule has 124 valence electrons. The van der Waals surface area contributed by atoms with Crippen LogP contribution in [0, 0.1) is 0 Å². The molecule has 25 heavy (non-hydrogen) atoms. The third-order valence-corrected chi connectivity index (χ3v) is 4.78. The Morgan fingerprint density at radius 1 is 1.08 bits per heavy atom. The number of imidazole rings is 1. The molecule has 2 aromatic heterocycles. The van der Waals surface area contributed by atoms with Crippen LogP contribution in [-0.2, 0) is 0 Å². The van der Waals surface area contributed by atoms with Crippen molar-refractivity contribution in [3.05, 3.63) is 60.3 Å². The van der Waals surface area contributed by atoms with Gasteiger partial charge in [0.15, 0.2) is 0 Å². The van der Waals surface area contributed by atoms with E-state index in [0.29, 0.717) is 0 Å². The van der Waals surface area contributed by atoms with Crippen LogP contribution in [-0.4, -0.2) is 32.8 Å². The van der Waals surface area contributed by atoms with E-state index < -0.39 is 5.97 Å². The van der Waals surface area contributed by atoms with Crippen LogP contribution in [0.5, 0.6) is 5.75 Å². The molecule has 0 unspecified atom stereocenters. The Hall–Kier alpha value is -3.19. The summed E-state index contributed by atoms with van der Waals surface area (Å²) in [7, 11) is 1.64. The summed E-state index contributed by atoms with van der Waals surface area (Å²) < 4.78 is 6.91. The maximum Gasteiger partial charge on any atom is 0.335 e. The SMILES string of the molecule is COc1ccc(-c2nn3cc(-c4ccc(C(=O)O)cc4)nc3s2)cc1. The maximum atomic E-state index is 10.9. The van der Waals surface area contributed by atoms with Crippen LogP contribution < -0.4 is 4.74 Å². The largest absolute Gasteiger partial charge is 0.497 e. The highest BCUT2D eigenvalue weighted by molar-refractivity contribution is 7.19. The fourth-order valence-corrected chi connectivity index (χ4v) is 3.36. The van der Waals surface area contributed by atoms with Gasteiger partial charge in [0.05, 0.1) is 24.6 Å². The smallest absolute Gasteiger partial charge is 0.335 e. The van der Waals surface area contributed by atoms with Gasteiger partial charge in [0.25, 0.3) is 0 Å². The number of ether oxygens (including phenoxy) is 1. The third kappa shape index (κ3) is 2.85. The summed E-state index contributed by atoms with van der Waals surface area (Å²) >= 11 is 1.49. The summed E-state index contributed by atoms with van der Waals surface area (Å²) in [5, 5.41) is 14.4. The number of hydrogen-bond donors (Lipinski definition) is 1. The minimum Gasteiger partial charge on any atom is -0.497 e. The first-order valence-corrected chi connectivity index (χ1v) is 8.30. The molecular formula is C18H13N3O3S. The van der Waals surface area contributed by atoms with Crippen LogP contribution in [0.3, 0.4) is 0 Å². The van der Waals surface area contributed by atoms with E-state index in [1.807, 2.05) is 30.5 Å². The van der Waals surface area contributed by atoms with Crippen molar-refractivity contribution in [3.8, 4) is 27.6 Å². The standard InChI is InChI=1S/C18H13N3O3S/c1-24-14-8-6-12(7-9-14)16-20-21-10-15(19-18(21)25-16)11-2-4-13(5-3-11)17(22)23/h2-10H,1H3,(H,22,23). The minimum absolute atomic E-state index is 0.254. The Kier molecular flexibility index (Phi) is 3.70. The molecule has 0 radical (unpaired) electrons. The van der Waals surface area contributed by atoms with Gasteiger partial charge in [-0.3, -0.25) is 0 Å². The van der Waals surface area contributed by atoms with Crippen LogP contribution in [0.4, 0.5) is 0 Å². The first-order valence-electron chi connectivity index (χ1n) is 7.48. The summed E-state index contributed by atoms with van der Waals surface area (Å²) in [4.78, 5) is 16.3. The van der Waals surface area contributed by atoms with Crippen molar-refractivity contribution in [1.82, 2.24) is 14.6 Å². The zero-order valence-electron chi connectivity index (χ0n) is 13.2. The highest BCUT2D eigenvalue weighted by Crippen LogP contribution is 2.29. The molecule has 6 nitrogen and oxygen atoms in total. The molecule has 0 spiro atoms. The fraction of sp³-hybridized carbons (Fsp3) is 0.0556. The van der Waals surface area contributed by atoms with E-state index in [4.69, 9.17) is 9.84 Å². The summed E-state index contributed by atoms with van der Waals surface area (Å²) in [5.74, 6) is -0.139. The molecule has 0 aliphatic carbocycles. The van der Waals surface area contributed by atoms with Gasteiger partial charge in [0.1, 0.15) is 10.8 Å². The maximum absolute atomic E-state index is 10.9. The predicted molar refractivity (Wildman–Crippen MR) is 95.2 cm³/mol. The third-order valence-electron chi connectivity index (χ3n) is 3.81. The van der Waals surface area contributed by atoms with E-state index in [9.17, 15) is 4.79 Å². The molecule has 0 atom stereocenters. The van der Waals surface area contributed by atoms with Gasteiger partial charge in [0, 0.05) is 11.1 Å². The Bertz CT molecular complexity index is 1020. The molecule has 0 aliphatic rings. The summed E-state index contributed by atoms with van der Waals surface area (Å²) in [5.41, 5.74) is 2.87. The lowest BCUT2D eigenvalue weighted by Gasteiger charge is -1.99. The molecule has 2 heterocycles. The van der Waals surface area contributed by atoms with Crippen molar-refractivity contribution in [2.75, 3.05) is 7.11 Å². The number of carboxylic acids is 1. The number of fused-ring (bicyclic) bond motifs is 1. The molecule has 0 saturated carbocycles. The van der Waals surface area contributed by atoms with Crippen LogP contribution in [0.25, 0.3) is 26.8 Å². The zero-order valence-corrected chi connectivity index (χ0v) is 14.0. The average molecular weight is 351 g/mol. The number of nitrogens with zero attached hydrogens (tertiary/aromatic N) is 3. The highest BCUT2D eigenvalue weighted by Gasteiger charge is 2.12. The van der Waals surface area contributed by atoms with Crippen molar-refractivity contribution in [1.29, 1.82) is 0 Å². The molecule has 4 rings (SSSR count). The monoisotopic (exact) mass is 351 g/mol. The number of carbonyl (C=O) groups is 1.